The van der Waals surface area contributed by atoms with Crippen molar-refractivity contribution in [3.63, 3.8) is 0 Å². The van der Waals surface area contributed by atoms with Crippen LogP contribution in [0.5, 0.6) is 0 Å². The third-order valence-corrected chi connectivity index (χ3v) is 4.82. The Bertz CT molecular complexity index is 833. The fourth-order valence-electron chi connectivity index (χ4n) is 1.84. The van der Waals surface area contributed by atoms with Crippen molar-refractivity contribution in [1.29, 1.82) is 0 Å². The number of halogens is 1. The van der Waals surface area contributed by atoms with E-state index in [9.17, 15) is 8.42 Å². The van der Waals surface area contributed by atoms with Crippen molar-refractivity contribution in [2.24, 2.45) is 0 Å². The Balaban J connectivity index is 2.46. The summed E-state index contributed by atoms with van der Waals surface area (Å²) < 4.78 is 23.8. The predicted octanol–water partition coefficient (Wildman–Crippen LogP) is 3.01. The van der Waals surface area contributed by atoms with Crippen LogP contribution in [-0.4, -0.2) is 18.4 Å². The normalized spacial score (nSPS) is 12.6. The van der Waals surface area contributed by atoms with E-state index in [-0.39, 0.29) is 4.90 Å². The Morgan fingerprint density at radius 1 is 1.41 bits per heavy atom. The summed E-state index contributed by atoms with van der Waals surface area (Å²) in [6, 6.07) is 3.64. The molecule has 1 aromatic carbocycles. The monoisotopic (exact) mass is 286 g/mol. The number of nitrogens with zero attached hydrogens (tertiary/aromatic N) is 1. The minimum atomic E-state index is -3.73. The zero-order valence-electron chi connectivity index (χ0n) is 8.69. The number of H-pyrrole nitrogens is 1. The molecule has 0 spiro atoms. The Hall–Kier alpha value is -1.11. The molecule has 0 aliphatic carbocycles. The second-order valence-corrected chi connectivity index (χ2v) is 7.46. The minimum absolute atomic E-state index is 0.0988. The van der Waals surface area contributed by atoms with Crippen molar-refractivity contribution < 1.29 is 8.42 Å². The first-order chi connectivity index (χ1) is 7.95. The second-order valence-electron chi connectivity index (χ2n) is 3.69. The van der Waals surface area contributed by atoms with Crippen LogP contribution in [0.1, 0.15) is 5.01 Å². The van der Waals surface area contributed by atoms with Crippen molar-refractivity contribution in [3.05, 3.63) is 23.3 Å². The van der Waals surface area contributed by atoms with Crippen LogP contribution in [0.4, 0.5) is 0 Å². The van der Waals surface area contributed by atoms with Gasteiger partial charge in [-0.1, -0.05) is 0 Å². The van der Waals surface area contributed by atoms with E-state index in [4.69, 9.17) is 10.7 Å². The van der Waals surface area contributed by atoms with Gasteiger partial charge in [-0.25, -0.2) is 13.4 Å². The van der Waals surface area contributed by atoms with Gasteiger partial charge < -0.3 is 4.98 Å². The van der Waals surface area contributed by atoms with Crippen molar-refractivity contribution in [1.82, 2.24) is 9.97 Å². The molecular weight excluding hydrogens is 280 g/mol. The molecule has 3 aromatic rings. The number of aromatic nitrogens is 2. The van der Waals surface area contributed by atoms with Crippen molar-refractivity contribution in [2.75, 3.05) is 0 Å². The van der Waals surface area contributed by atoms with Crippen molar-refractivity contribution >= 4 is 52.2 Å². The molecule has 0 saturated carbocycles. The lowest BCUT2D eigenvalue weighted by molar-refractivity contribution is 0.610. The summed E-state index contributed by atoms with van der Waals surface area (Å²) in [6.07, 6.45) is 1.41. The lowest BCUT2D eigenvalue weighted by Gasteiger charge is -1.93. The first kappa shape index (κ1) is 11.0. The average Bonchev–Trinajstić information content (AvgIpc) is 2.73. The Labute approximate surface area is 106 Å². The van der Waals surface area contributed by atoms with Gasteiger partial charge in [0, 0.05) is 27.8 Å². The highest BCUT2D eigenvalue weighted by Gasteiger charge is 2.17. The van der Waals surface area contributed by atoms with E-state index < -0.39 is 9.05 Å². The number of benzene rings is 1. The highest BCUT2D eigenvalue weighted by Crippen LogP contribution is 2.31. The lowest BCUT2D eigenvalue weighted by atomic mass is 10.2. The zero-order valence-corrected chi connectivity index (χ0v) is 11.1. The number of aromatic amines is 1. The number of nitrogens with one attached hydrogen (secondary N) is 1. The average molecular weight is 287 g/mol. The molecule has 88 valence electrons. The maximum atomic E-state index is 11.4. The van der Waals surface area contributed by atoms with Crippen LogP contribution >= 0.6 is 22.0 Å². The lowest BCUT2D eigenvalue weighted by Crippen LogP contribution is -1.87. The molecule has 0 unspecified atom stereocenters. The summed E-state index contributed by atoms with van der Waals surface area (Å²) in [6.45, 7) is 1.91. The largest absolute Gasteiger partial charge is 0.360 e. The number of rotatable bonds is 1. The third kappa shape index (κ3) is 1.72. The van der Waals surface area contributed by atoms with E-state index in [1.54, 1.807) is 17.4 Å². The highest BCUT2D eigenvalue weighted by atomic mass is 35.7. The highest BCUT2D eigenvalue weighted by molar-refractivity contribution is 8.14. The van der Waals surface area contributed by atoms with Crippen LogP contribution in [-0.2, 0) is 9.05 Å². The zero-order chi connectivity index (χ0) is 12.2. The molecule has 0 amide bonds. The number of thiazole rings is 1. The van der Waals surface area contributed by atoms with E-state index in [1.165, 1.54) is 6.20 Å². The smallest absolute Gasteiger partial charge is 0.263 e. The molecule has 0 radical (unpaired) electrons. The van der Waals surface area contributed by atoms with Gasteiger partial charge in [-0.15, -0.1) is 11.3 Å². The van der Waals surface area contributed by atoms with Crippen molar-refractivity contribution in [2.45, 2.75) is 11.8 Å². The Morgan fingerprint density at radius 3 is 2.88 bits per heavy atom. The van der Waals surface area contributed by atoms with Gasteiger partial charge in [-0.2, -0.15) is 0 Å². The molecule has 0 fully saturated rings. The van der Waals surface area contributed by atoms with Crippen molar-refractivity contribution in [3.8, 4) is 0 Å². The standard InChI is InChI=1S/C10H7ClN2O2S2/c1-5-13-8-2-6-7(3-9(8)16-5)12-4-10(6)17(11,14)15/h2-4,12H,1H3. The number of fused-ring (bicyclic) bond motifs is 2. The van der Waals surface area contributed by atoms with Crippen LogP contribution in [0.25, 0.3) is 21.1 Å². The van der Waals surface area contributed by atoms with Gasteiger partial charge >= 0.3 is 0 Å². The molecule has 0 atom stereocenters. The molecule has 2 heterocycles. The van der Waals surface area contributed by atoms with E-state index in [1.807, 2.05) is 13.0 Å². The van der Waals surface area contributed by atoms with E-state index in [0.717, 1.165) is 20.7 Å². The van der Waals surface area contributed by atoms with Gasteiger partial charge in [0.05, 0.1) is 15.2 Å². The summed E-state index contributed by atoms with van der Waals surface area (Å²) in [5, 5.41) is 1.53. The third-order valence-electron chi connectivity index (χ3n) is 2.52. The molecule has 1 N–H and O–H groups in total. The molecule has 3 rings (SSSR count). The quantitative estimate of drug-likeness (QED) is 0.700. The topological polar surface area (TPSA) is 62.8 Å². The fraction of sp³-hybridized carbons (Fsp3) is 0.100. The molecule has 0 aliphatic heterocycles. The number of aryl methyl sites for hydroxylation is 1. The predicted molar refractivity (Wildman–Crippen MR) is 69.3 cm³/mol. The second kappa shape index (κ2) is 3.44. The maximum absolute atomic E-state index is 11.4. The van der Waals surface area contributed by atoms with Crippen LogP contribution in [0.15, 0.2) is 23.2 Å². The van der Waals surface area contributed by atoms with E-state index >= 15 is 0 Å². The van der Waals surface area contributed by atoms with Crippen LogP contribution in [0.2, 0.25) is 0 Å². The molecular formula is C10H7ClN2O2S2. The SMILES string of the molecule is Cc1nc2cc3c(S(=O)(=O)Cl)c[nH]c3cc2s1. The number of hydrogen-bond acceptors (Lipinski definition) is 4. The first-order valence-electron chi connectivity index (χ1n) is 4.78. The van der Waals surface area contributed by atoms with Gasteiger partial charge in [-0.3, -0.25) is 0 Å². The summed E-state index contributed by atoms with van der Waals surface area (Å²) in [5.74, 6) is 0. The molecule has 17 heavy (non-hydrogen) atoms. The molecule has 7 heteroatoms. The maximum Gasteiger partial charge on any atom is 0.263 e. The van der Waals surface area contributed by atoms with Gasteiger partial charge in [0.1, 0.15) is 4.90 Å². The Kier molecular flexibility index (Phi) is 2.23. The van der Waals surface area contributed by atoms with Gasteiger partial charge in [0.15, 0.2) is 0 Å². The summed E-state index contributed by atoms with van der Waals surface area (Å²) in [5.41, 5.74) is 1.54. The summed E-state index contributed by atoms with van der Waals surface area (Å²) in [7, 11) is 1.64. The summed E-state index contributed by atoms with van der Waals surface area (Å²) >= 11 is 1.57. The molecule has 0 aliphatic rings. The molecule has 4 nitrogen and oxygen atoms in total. The fourth-order valence-corrected chi connectivity index (χ4v) is 3.70. The summed E-state index contributed by atoms with van der Waals surface area (Å²) in [4.78, 5) is 7.34. The van der Waals surface area contributed by atoms with Crippen LogP contribution < -0.4 is 0 Å². The minimum Gasteiger partial charge on any atom is -0.360 e. The molecule has 0 bridgehead atoms. The number of hydrogen-bond donors (Lipinski definition) is 1. The van der Waals surface area contributed by atoms with Gasteiger partial charge in [0.25, 0.3) is 9.05 Å². The van der Waals surface area contributed by atoms with Crippen LogP contribution in [0, 0.1) is 6.92 Å². The molecule has 0 saturated heterocycles. The molecule has 2 aromatic heterocycles. The van der Waals surface area contributed by atoms with Crippen LogP contribution in [0.3, 0.4) is 0 Å². The van der Waals surface area contributed by atoms with Gasteiger partial charge in [-0.05, 0) is 19.1 Å². The first-order valence-corrected chi connectivity index (χ1v) is 7.91. The van der Waals surface area contributed by atoms with E-state index in [0.29, 0.717) is 5.39 Å². The van der Waals surface area contributed by atoms with Gasteiger partial charge in [0.2, 0.25) is 0 Å². The Morgan fingerprint density at radius 2 is 2.18 bits per heavy atom. The van der Waals surface area contributed by atoms with E-state index in [2.05, 4.69) is 9.97 Å².